The van der Waals surface area contributed by atoms with E-state index in [1.807, 2.05) is 12.1 Å². The molecule has 1 amide bonds. The zero-order chi connectivity index (χ0) is 29.7. The third-order valence-electron chi connectivity index (χ3n) is 6.48. The molecule has 2 aromatic heterocycles. The number of pyridine rings is 1. The Bertz CT molecular complexity index is 1830. The minimum atomic E-state index is -4.16. The largest absolute Gasteiger partial charge is 0.497 e. The molecule has 0 bridgehead atoms. The molecule has 0 aliphatic rings. The van der Waals surface area contributed by atoms with E-state index in [0.29, 0.717) is 33.8 Å². The molecule has 0 radical (unpaired) electrons. The maximum absolute atomic E-state index is 13.7. The van der Waals surface area contributed by atoms with Gasteiger partial charge in [0.25, 0.3) is 10.0 Å². The number of ether oxygens (including phenoxy) is 2. The number of rotatable bonds is 11. The van der Waals surface area contributed by atoms with E-state index in [1.165, 1.54) is 26.4 Å². The zero-order valence-corrected chi connectivity index (χ0v) is 23.6. The number of aromatic nitrogens is 3. The highest BCUT2D eigenvalue weighted by Crippen LogP contribution is 2.33. The first kappa shape index (κ1) is 28.3. The normalized spacial score (nSPS) is 12.0. The molecule has 0 aliphatic heterocycles. The maximum atomic E-state index is 13.7. The summed E-state index contributed by atoms with van der Waals surface area (Å²) in [6.45, 7) is 0. The summed E-state index contributed by atoms with van der Waals surface area (Å²) < 4.78 is 40.8. The highest BCUT2D eigenvalue weighted by atomic mass is 32.2. The van der Waals surface area contributed by atoms with Crippen molar-refractivity contribution in [2.24, 2.45) is 5.73 Å². The summed E-state index contributed by atoms with van der Waals surface area (Å²) in [7, 11) is -1.10. The first-order valence-corrected chi connectivity index (χ1v) is 14.3. The molecule has 1 atom stereocenters. The molecular formula is C30H28N6O5S. The van der Waals surface area contributed by atoms with Gasteiger partial charge >= 0.3 is 0 Å². The van der Waals surface area contributed by atoms with Crippen molar-refractivity contribution < 1.29 is 22.7 Å². The average molecular weight is 585 g/mol. The Morgan fingerprint density at radius 1 is 0.857 bits per heavy atom. The van der Waals surface area contributed by atoms with Crippen LogP contribution in [0.15, 0.2) is 96.2 Å². The molecule has 0 saturated carbocycles. The molecule has 5 aromatic rings. The summed E-state index contributed by atoms with van der Waals surface area (Å²) in [6.07, 6.45) is 3.23. The summed E-state index contributed by atoms with van der Waals surface area (Å²) in [5.41, 5.74) is 8.46. The number of para-hydroxylation sites is 2. The maximum Gasteiger partial charge on any atom is 0.263 e. The van der Waals surface area contributed by atoms with Crippen LogP contribution in [0.25, 0.3) is 11.0 Å². The third-order valence-corrected chi connectivity index (χ3v) is 7.82. The molecule has 12 heteroatoms. The Morgan fingerprint density at radius 3 is 2.14 bits per heavy atom. The lowest BCUT2D eigenvalue weighted by atomic mass is 9.89. The van der Waals surface area contributed by atoms with Gasteiger partial charge in [0, 0.05) is 48.6 Å². The van der Waals surface area contributed by atoms with Crippen molar-refractivity contribution >= 4 is 44.3 Å². The number of hydrogen-bond acceptors (Lipinski definition) is 9. The topological polar surface area (TPSA) is 158 Å². The van der Waals surface area contributed by atoms with Gasteiger partial charge in [0.15, 0.2) is 11.6 Å². The Balaban J connectivity index is 1.54. The minimum Gasteiger partial charge on any atom is -0.497 e. The lowest BCUT2D eigenvalue weighted by Crippen LogP contribution is -2.18. The van der Waals surface area contributed by atoms with Gasteiger partial charge in [-0.1, -0.05) is 30.3 Å². The number of nitrogens with one attached hydrogen (secondary N) is 2. The average Bonchev–Trinajstić information content (AvgIpc) is 3.00. The second-order valence-corrected chi connectivity index (χ2v) is 11.0. The van der Waals surface area contributed by atoms with Gasteiger partial charge in [-0.05, 0) is 41.5 Å². The van der Waals surface area contributed by atoms with Crippen molar-refractivity contribution in [1.29, 1.82) is 0 Å². The number of carbonyl (C=O) groups excluding carboxylic acids is 1. The lowest BCUT2D eigenvalue weighted by Gasteiger charge is -2.18. The van der Waals surface area contributed by atoms with Gasteiger partial charge in [0.2, 0.25) is 5.91 Å². The number of carbonyl (C=O) groups is 1. The quantitative estimate of drug-likeness (QED) is 0.202. The van der Waals surface area contributed by atoms with Crippen LogP contribution in [0.4, 0.5) is 17.3 Å². The Morgan fingerprint density at radius 2 is 1.52 bits per heavy atom. The van der Waals surface area contributed by atoms with Gasteiger partial charge in [-0.15, -0.1) is 0 Å². The number of hydrogen-bond donors (Lipinski definition) is 3. The highest BCUT2D eigenvalue weighted by Gasteiger charge is 2.23. The number of amides is 1. The van der Waals surface area contributed by atoms with Crippen LogP contribution in [0.3, 0.4) is 0 Å². The first-order chi connectivity index (χ1) is 20.3. The van der Waals surface area contributed by atoms with E-state index < -0.39 is 21.8 Å². The van der Waals surface area contributed by atoms with Crippen LogP contribution in [0.1, 0.15) is 23.5 Å². The number of nitrogens with two attached hydrogens (primary N) is 1. The van der Waals surface area contributed by atoms with Crippen molar-refractivity contribution in [1.82, 2.24) is 15.0 Å². The third kappa shape index (κ3) is 6.39. The summed E-state index contributed by atoms with van der Waals surface area (Å²) >= 11 is 0. The van der Waals surface area contributed by atoms with E-state index in [2.05, 4.69) is 25.0 Å². The molecule has 0 aliphatic carbocycles. The summed E-state index contributed by atoms with van der Waals surface area (Å²) in [5.74, 6) is 0.221. The van der Waals surface area contributed by atoms with Gasteiger partial charge in [0.1, 0.15) is 11.5 Å². The zero-order valence-electron chi connectivity index (χ0n) is 22.8. The van der Waals surface area contributed by atoms with Gasteiger partial charge in [-0.25, -0.2) is 18.4 Å². The van der Waals surface area contributed by atoms with E-state index >= 15 is 0 Å². The SMILES string of the molecule is COc1cc(Nc2nc3ccccc3nc2NS(=O)(=O)c2cccc(C(CC(N)=O)c3cccnc3)c2)cc(OC)c1. The van der Waals surface area contributed by atoms with Crippen LogP contribution in [-0.4, -0.2) is 43.5 Å². The fourth-order valence-corrected chi connectivity index (χ4v) is 5.53. The van der Waals surface area contributed by atoms with Crippen molar-refractivity contribution in [2.75, 3.05) is 24.3 Å². The van der Waals surface area contributed by atoms with E-state index in [1.54, 1.807) is 67.0 Å². The van der Waals surface area contributed by atoms with Gasteiger partial charge in [0.05, 0.1) is 30.1 Å². The second kappa shape index (κ2) is 12.1. The van der Waals surface area contributed by atoms with Crippen LogP contribution in [0.5, 0.6) is 11.5 Å². The Hall–Kier alpha value is -5.23. The lowest BCUT2D eigenvalue weighted by molar-refractivity contribution is -0.118. The standard InChI is InChI=1S/C30H28N6O5S/c1-40-22-14-21(15-23(16-22)41-2)33-29-30(35-27-11-4-3-10-26(27)34-29)36-42(38,39)24-9-5-7-19(13-24)25(17-28(31)37)20-8-6-12-32-18-20/h3-16,18,25H,17H2,1-2H3,(H2,31,37)(H,33,34)(H,35,36). The number of primary amides is 1. The van der Waals surface area contributed by atoms with Crippen molar-refractivity contribution in [3.05, 3.63) is 102 Å². The van der Waals surface area contributed by atoms with E-state index in [4.69, 9.17) is 15.2 Å². The fourth-order valence-electron chi connectivity index (χ4n) is 4.47. The molecule has 42 heavy (non-hydrogen) atoms. The molecule has 5 rings (SSSR count). The smallest absolute Gasteiger partial charge is 0.263 e. The minimum absolute atomic E-state index is 0.0122. The summed E-state index contributed by atoms with van der Waals surface area (Å²) in [6, 6.07) is 22.2. The fraction of sp³-hybridized carbons (Fsp3) is 0.133. The molecule has 2 heterocycles. The molecule has 1 unspecified atom stereocenters. The van der Waals surface area contributed by atoms with Gasteiger partial charge < -0.3 is 20.5 Å². The number of nitrogens with zero attached hydrogens (tertiary/aromatic N) is 3. The van der Waals surface area contributed by atoms with Crippen LogP contribution >= 0.6 is 0 Å². The van der Waals surface area contributed by atoms with Gasteiger partial charge in [-0.2, -0.15) is 0 Å². The number of fused-ring (bicyclic) bond motifs is 1. The molecule has 0 fully saturated rings. The monoisotopic (exact) mass is 584 g/mol. The predicted molar refractivity (Wildman–Crippen MR) is 160 cm³/mol. The molecule has 4 N–H and O–H groups in total. The first-order valence-electron chi connectivity index (χ1n) is 12.8. The van der Waals surface area contributed by atoms with Gasteiger partial charge in [-0.3, -0.25) is 14.5 Å². The molecule has 3 aromatic carbocycles. The molecular weight excluding hydrogens is 556 g/mol. The van der Waals surface area contributed by atoms with Crippen LogP contribution in [0, 0.1) is 0 Å². The molecule has 0 saturated heterocycles. The Kier molecular flexibility index (Phi) is 8.16. The molecule has 11 nitrogen and oxygen atoms in total. The number of methoxy groups -OCH3 is 2. The van der Waals surface area contributed by atoms with E-state index in [0.717, 1.165) is 5.56 Å². The van der Waals surface area contributed by atoms with Crippen LogP contribution < -0.4 is 25.2 Å². The molecule has 214 valence electrons. The highest BCUT2D eigenvalue weighted by molar-refractivity contribution is 7.92. The van der Waals surface area contributed by atoms with Crippen LogP contribution in [-0.2, 0) is 14.8 Å². The molecule has 0 spiro atoms. The number of benzene rings is 3. The Labute approximate surface area is 242 Å². The van der Waals surface area contributed by atoms with Crippen molar-refractivity contribution in [2.45, 2.75) is 17.2 Å². The predicted octanol–water partition coefficient (Wildman–Crippen LogP) is 4.59. The van der Waals surface area contributed by atoms with E-state index in [-0.39, 0.29) is 23.0 Å². The van der Waals surface area contributed by atoms with Crippen molar-refractivity contribution in [3.63, 3.8) is 0 Å². The van der Waals surface area contributed by atoms with Crippen molar-refractivity contribution in [3.8, 4) is 11.5 Å². The summed E-state index contributed by atoms with van der Waals surface area (Å²) in [4.78, 5) is 25.2. The summed E-state index contributed by atoms with van der Waals surface area (Å²) in [5, 5.41) is 3.14. The van der Waals surface area contributed by atoms with Crippen LogP contribution in [0.2, 0.25) is 0 Å². The number of sulfonamides is 1. The van der Waals surface area contributed by atoms with E-state index in [9.17, 15) is 13.2 Å². The second-order valence-electron chi connectivity index (χ2n) is 9.32. The number of anilines is 3.